The van der Waals surface area contributed by atoms with Crippen molar-refractivity contribution in [3.8, 4) is 0 Å². The van der Waals surface area contributed by atoms with Crippen molar-refractivity contribution in [2.24, 2.45) is 17.8 Å². The highest BCUT2D eigenvalue weighted by atomic mass is 16.6. The molecule has 0 aromatic heterocycles. The molecule has 2 saturated carbocycles. The molecule has 0 aromatic rings. The molecule has 0 unspecified atom stereocenters. The molecule has 0 amide bonds. The number of esters is 2. The molecule has 142 valence electrons. The minimum Gasteiger partial charge on any atom is -0.459 e. The van der Waals surface area contributed by atoms with Crippen molar-refractivity contribution >= 4 is 11.9 Å². The standard InChI is InChI=1S/C19H24O7/c1-8-5-13(25-18(23)19(4,24)7-20)15-10(3)17(22)26-16(15)14-9(2)12(21)6-11(8)14/h11-16,20-21,24H,1-3,5-7H2,4H3/t11-,12-,13-,14-,15+,16+,19-/m0/s1. The lowest BCUT2D eigenvalue weighted by atomic mass is 9.81. The van der Waals surface area contributed by atoms with Crippen molar-refractivity contribution in [3.63, 3.8) is 0 Å². The Morgan fingerprint density at radius 2 is 2.00 bits per heavy atom. The molecular formula is C19H24O7. The SMILES string of the molecule is C=C1C(=O)O[C@@H]2[C@H]3C(=C)[C@@H](O)C[C@H]3C(=C)C[C@H](OC(=O)[C@@](C)(O)CO)[C@@H]12. The Morgan fingerprint density at radius 1 is 1.35 bits per heavy atom. The summed E-state index contributed by atoms with van der Waals surface area (Å²) in [6, 6.07) is 0. The van der Waals surface area contributed by atoms with E-state index in [1.807, 2.05) is 0 Å². The van der Waals surface area contributed by atoms with E-state index in [9.17, 15) is 24.9 Å². The lowest BCUT2D eigenvalue weighted by Crippen LogP contribution is -2.44. The number of hydrogen-bond donors (Lipinski definition) is 3. The molecule has 3 fully saturated rings. The molecule has 1 saturated heterocycles. The maximum Gasteiger partial charge on any atom is 0.340 e. The van der Waals surface area contributed by atoms with Crippen molar-refractivity contribution in [1.82, 2.24) is 0 Å². The number of carbonyl (C=O) groups excluding carboxylic acids is 2. The van der Waals surface area contributed by atoms with Gasteiger partial charge < -0.3 is 24.8 Å². The normalized spacial score (nSPS) is 38.9. The second kappa shape index (κ2) is 6.33. The van der Waals surface area contributed by atoms with E-state index in [0.717, 1.165) is 12.5 Å². The van der Waals surface area contributed by atoms with Gasteiger partial charge in [-0.1, -0.05) is 25.3 Å². The van der Waals surface area contributed by atoms with E-state index < -0.39 is 48.4 Å². The van der Waals surface area contributed by atoms with Gasteiger partial charge in [0.05, 0.1) is 18.6 Å². The smallest absolute Gasteiger partial charge is 0.340 e. The third-order valence-corrected chi connectivity index (χ3v) is 5.78. The Balaban J connectivity index is 1.96. The molecule has 3 aliphatic rings. The van der Waals surface area contributed by atoms with Gasteiger partial charge >= 0.3 is 11.9 Å². The van der Waals surface area contributed by atoms with Gasteiger partial charge in [0.15, 0.2) is 5.60 Å². The molecule has 0 aromatic carbocycles. The molecule has 2 aliphatic carbocycles. The Morgan fingerprint density at radius 3 is 2.62 bits per heavy atom. The van der Waals surface area contributed by atoms with Crippen LogP contribution in [0.2, 0.25) is 0 Å². The number of aliphatic hydroxyl groups is 3. The molecule has 26 heavy (non-hydrogen) atoms. The molecule has 0 bridgehead atoms. The lowest BCUT2D eigenvalue weighted by molar-refractivity contribution is -0.176. The van der Waals surface area contributed by atoms with Gasteiger partial charge in [-0.15, -0.1) is 0 Å². The van der Waals surface area contributed by atoms with Gasteiger partial charge in [-0.3, -0.25) is 0 Å². The Hall–Kier alpha value is -1.96. The number of carbonyl (C=O) groups is 2. The highest BCUT2D eigenvalue weighted by Gasteiger charge is 2.57. The van der Waals surface area contributed by atoms with E-state index in [1.165, 1.54) is 0 Å². The van der Waals surface area contributed by atoms with Crippen LogP contribution in [0.25, 0.3) is 0 Å². The Kier molecular flexibility index (Phi) is 4.58. The molecule has 1 aliphatic heterocycles. The summed E-state index contributed by atoms with van der Waals surface area (Å²) in [5, 5.41) is 29.3. The first kappa shape index (κ1) is 18.8. The Labute approximate surface area is 151 Å². The minimum absolute atomic E-state index is 0.147. The molecule has 7 atom stereocenters. The van der Waals surface area contributed by atoms with Crippen molar-refractivity contribution < 1.29 is 34.4 Å². The monoisotopic (exact) mass is 364 g/mol. The number of aliphatic hydroxyl groups excluding tert-OH is 2. The predicted molar refractivity (Wildman–Crippen MR) is 90.6 cm³/mol. The zero-order valence-corrected chi connectivity index (χ0v) is 14.7. The van der Waals surface area contributed by atoms with Crippen molar-refractivity contribution in [1.29, 1.82) is 0 Å². The number of fused-ring (bicyclic) bond motifs is 3. The molecular weight excluding hydrogens is 340 g/mol. The van der Waals surface area contributed by atoms with Crippen molar-refractivity contribution in [2.75, 3.05) is 6.61 Å². The van der Waals surface area contributed by atoms with Crippen LogP contribution in [0.15, 0.2) is 36.5 Å². The van der Waals surface area contributed by atoms with E-state index in [2.05, 4.69) is 19.7 Å². The van der Waals surface area contributed by atoms with E-state index >= 15 is 0 Å². The fourth-order valence-electron chi connectivity index (χ4n) is 4.20. The summed E-state index contributed by atoms with van der Waals surface area (Å²) in [6.45, 7) is 12.2. The molecule has 0 radical (unpaired) electrons. The van der Waals surface area contributed by atoms with Crippen LogP contribution in [0.5, 0.6) is 0 Å². The Bertz CT molecular complexity index is 692. The van der Waals surface area contributed by atoms with Crippen molar-refractivity contribution in [3.05, 3.63) is 36.5 Å². The van der Waals surface area contributed by atoms with Gasteiger partial charge in [0.2, 0.25) is 0 Å². The predicted octanol–water partition coefficient (Wildman–Crippen LogP) is 0.252. The van der Waals surface area contributed by atoms with Gasteiger partial charge in [0.25, 0.3) is 0 Å². The van der Waals surface area contributed by atoms with E-state index in [1.54, 1.807) is 0 Å². The maximum atomic E-state index is 12.2. The summed E-state index contributed by atoms with van der Waals surface area (Å²) < 4.78 is 11.0. The molecule has 3 rings (SSSR count). The van der Waals surface area contributed by atoms with Crippen molar-refractivity contribution in [2.45, 2.75) is 43.7 Å². The zero-order valence-electron chi connectivity index (χ0n) is 14.7. The van der Waals surface area contributed by atoms with Gasteiger partial charge in [0.1, 0.15) is 12.2 Å². The zero-order chi connectivity index (χ0) is 19.4. The summed E-state index contributed by atoms with van der Waals surface area (Å²) in [4.78, 5) is 24.4. The van der Waals surface area contributed by atoms with Crippen LogP contribution in [0.1, 0.15) is 19.8 Å². The van der Waals surface area contributed by atoms with Crippen LogP contribution in [0.3, 0.4) is 0 Å². The second-order valence-corrected chi connectivity index (χ2v) is 7.62. The quantitative estimate of drug-likeness (QED) is 0.374. The van der Waals surface area contributed by atoms with Crippen LogP contribution < -0.4 is 0 Å². The average molecular weight is 364 g/mol. The van der Waals surface area contributed by atoms with Crippen LogP contribution in [0, 0.1) is 17.8 Å². The summed E-state index contributed by atoms with van der Waals surface area (Å²) in [6.07, 6.45) is -1.52. The van der Waals surface area contributed by atoms with E-state index in [-0.39, 0.29) is 23.8 Å². The highest BCUT2D eigenvalue weighted by Crippen LogP contribution is 2.52. The fourth-order valence-corrected chi connectivity index (χ4v) is 4.20. The summed E-state index contributed by atoms with van der Waals surface area (Å²) in [7, 11) is 0. The first-order chi connectivity index (χ1) is 12.1. The van der Waals surface area contributed by atoms with Gasteiger partial charge in [0, 0.05) is 17.9 Å². The average Bonchev–Trinajstić information content (AvgIpc) is 2.99. The number of rotatable bonds is 3. The highest BCUT2D eigenvalue weighted by molar-refractivity contribution is 5.91. The third kappa shape index (κ3) is 2.80. The van der Waals surface area contributed by atoms with Crippen LogP contribution >= 0.6 is 0 Å². The van der Waals surface area contributed by atoms with Gasteiger partial charge in [-0.2, -0.15) is 0 Å². The first-order valence-corrected chi connectivity index (χ1v) is 8.57. The van der Waals surface area contributed by atoms with E-state index in [0.29, 0.717) is 12.0 Å². The largest absolute Gasteiger partial charge is 0.459 e. The third-order valence-electron chi connectivity index (χ3n) is 5.78. The maximum absolute atomic E-state index is 12.2. The van der Waals surface area contributed by atoms with Gasteiger partial charge in [-0.05, 0) is 24.8 Å². The summed E-state index contributed by atoms with van der Waals surface area (Å²) in [5.41, 5.74) is -0.543. The number of ether oxygens (including phenoxy) is 2. The fraction of sp³-hybridized carbons (Fsp3) is 0.579. The first-order valence-electron chi connectivity index (χ1n) is 8.57. The minimum atomic E-state index is -2.05. The molecule has 1 heterocycles. The summed E-state index contributed by atoms with van der Waals surface area (Å²) >= 11 is 0. The van der Waals surface area contributed by atoms with E-state index in [4.69, 9.17) is 9.47 Å². The molecule has 0 spiro atoms. The molecule has 7 heteroatoms. The summed E-state index contributed by atoms with van der Waals surface area (Å²) in [5.74, 6) is -2.67. The second-order valence-electron chi connectivity index (χ2n) is 7.62. The molecule has 7 nitrogen and oxygen atoms in total. The lowest BCUT2D eigenvalue weighted by Gasteiger charge is -2.30. The van der Waals surface area contributed by atoms with Gasteiger partial charge in [-0.25, -0.2) is 9.59 Å². The van der Waals surface area contributed by atoms with Crippen LogP contribution in [-0.4, -0.2) is 57.8 Å². The molecule has 3 N–H and O–H groups in total. The van der Waals surface area contributed by atoms with Crippen LogP contribution in [0.4, 0.5) is 0 Å². The van der Waals surface area contributed by atoms with Crippen LogP contribution in [-0.2, 0) is 19.1 Å². The number of hydrogen-bond acceptors (Lipinski definition) is 7. The topological polar surface area (TPSA) is 113 Å².